The van der Waals surface area contributed by atoms with Crippen LogP contribution in [0.15, 0.2) is 36.4 Å². The molecule has 0 saturated heterocycles. The molecule has 0 spiro atoms. The average molecular weight is 286 g/mol. The van der Waals surface area contributed by atoms with Crippen molar-refractivity contribution in [2.45, 2.75) is 13.5 Å². The Hall–Kier alpha value is -2.63. The Kier molecular flexibility index (Phi) is 4.71. The van der Waals surface area contributed by atoms with E-state index >= 15 is 0 Å². The van der Waals surface area contributed by atoms with Gasteiger partial charge in [-0.15, -0.1) is 10.2 Å². The van der Waals surface area contributed by atoms with E-state index in [9.17, 15) is 4.79 Å². The number of esters is 1. The molecule has 2 N–H and O–H groups in total. The van der Waals surface area contributed by atoms with Crippen molar-refractivity contribution in [2.75, 3.05) is 24.3 Å². The average Bonchev–Trinajstić information content (AvgIpc) is 2.54. The highest BCUT2D eigenvalue weighted by Crippen LogP contribution is 2.15. The Morgan fingerprint density at radius 1 is 1.19 bits per heavy atom. The number of benzene rings is 1. The van der Waals surface area contributed by atoms with Gasteiger partial charge in [0.2, 0.25) is 0 Å². The van der Waals surface area contributed by atoms with Gasteiger partial charge >= 0.3 is 5.97 Å². The molecule has 0 unspecified atom stereocenters. The molecule has 2 aromatic rings. The van der Waals surface area contributed by atoms with E-state index in [1.165, 1.54) is 7.11 Å². The van der Waals surface area contributed by atoms with Crippen LogP contribution in [0.1, 0.15) is 23.0 Å². The number of nitrogens with zero attached hydrogens (tertiary/aromatic N) is 3. The summed E-state index contributed by atoms with van der Waals surface area (Å²) >= 11 is 0. The molecule has 0 amide bonds. The van der Waals surface area contributed by atoms with Gasteiger partial charge in [0.15, 0.2) is 11.5 Å². The molecule has 0 atom stereocenters. The Labute approximate surface area is 123 Å². The predicted molar refractivity (Wildman–Crippen MR) is 80.9 cm³/mol. The fourth-order valence-corrected chi connectivity index (χ4v) is 1.91. The van der Waals surface area contributed by atoms with Crippen molar-refractivity contribution < 1.29 is 9.53 Å². The lowest BCUT2D eigenvalue weighted by Crippen LogP contribution is -2.23. The van der Waals surface area contributed by atoms with Crippen molar-refractivity contribution >= 4 is 17.5 Å². The number of aromatic nitrogens is 2. The van der Waals surface area contributed by atoms with Crippen molar-refractivity contribution in [1.29, 1.82) is 0 Å². The van der Waals surface area contributed by atoms with E-state index in [2.05, 4.69) is 19.8 Å². The molecule has 0 radical (unpaired) electrons. The zero-order valence-electron chi connectivity index (χ0n) is 12.1. The molecule has 1 aromatic carbocycles. The van der Waals surface area contributed by atoms with Crippen LogP contribution in [-0.4, -0.2) is 29.8 Å². The third-order valence-corrected chi connectivity index (χ3v) is 3.10. The maximum Gasteiger partial charge on any atom is 0.358 e. The molecule has 1 aromatic heterocycles. The lowest BCUT2D eigenvalue weighted by atomic mass is 10.2. The Balaban J connectivity index is 2.13. The van der Waals surface area contributed by atoms with Crippen LogP contribution in [0.5, 0.6) is 0 Å². The zero-order valence-corrected chi connectivity index (χ0v) is 12.1. The van der Waals surface area contributed by atoms with Crippen LogP contribution < -0.4 is 10.6 Å². The van der Waals surface area contributed by atoms with Gasteiger partial charge in [-0.1, -0.05) is 12.1 Å². The standard InChI is InChI=1S/C15H18N4O2/c1-3-19(10-11-4-6-12(16)7-5-11)14-9-8-13(17-18-14)15(20)21-2/h4-9H,3,10,16H2,1-2H3. The summed E-state index contributed by atoms with van der Waals surface area (Å²) in [5, 5.41) is 7.97. The van der Waals surface area contributed by atoms with Gasteiger partial charge in [-0.25, -0.2) is 4.79 Å². The van der Waals surface area contributed by atoms with E-state index < -0.39 is 5.97 Å². The molecular formula is C15H18N4O2. The molecule has 1 heterocycles. The lowest BCUT2D eigenvalue weighted by Gasteiger charge is -2.21. The minimum Gasteiger partial charge on any atom is -0.464 e. The fourth-order valence-electron chi connectivity index (χ4n) is 1.91. The zero-order chi connectivity index (χ0) is 15.2. The molecule has 0 aliphatic carbocycles. The van der Waals surface area contributed by atoms with E-state index in [-0.39, 0.29) is 5.69 Å². The van der Waals surface area contributed by atoms with Crippen LogP contribution in [0, 0.1) is 0 Å². The highest BCUT2D eigenvalue weighted by Gasteiger charge is 2.11. The first-order valence-corrected chi connectivity index (χ1v) is 6.65. The number of methoxy groups -OCH3 is 1. The summed E-state index contributed by atoms with van der Waals surface area (Å²) in [6, 6.07) is 11.1. The second-order valence-corrected chi connectivity index (χ2v) is 4.52. The topological polar surface area (TPSA) is 81.3 Å². The molecule has 0 fully saturated rings. The summed E-state index contributed by atoms with van der Waals surface area (Å²) in [6.07, 6.45) is 0. The van der Waals surface area contributed by atoms with Crippen molar-refractivity contribution in [3.8, 4) is 0 Å². The Morgan fingerprint density at radius 2 is 1.90 bits per heavy atom. The molecule has 110 valence electrons. The number of nitrogen functional groups attached to an aromatic ring is 1. The summed E-state index contributed by atoms with van der Waals surface area (Å²) < 4.78 is 4.60. The summed E-state index contributed by atoms with van der Waals surface area (Å²) in [5.41, 5.74) is 7.75. The van der Waals surface area contributed by atoms with E-state index in [0.717, 1.165) is 17.8 Å². The number of carbonyl (C=O) groups is 1. The molecule has 6 heteroatoms. The van der Waals surface area contributed by atoms with E-state index in [1.807, 2.05) is 31.2 Å². The third kappa shape index (κ3) is 3.68. The SMILES string of the molecule is CCN(Cc1ccc(N)cc1)c1ccc(C(=O)OC)nn1. The normalized spacial score (nSPS) is 10.2. The van der Waals surface area contributed by atoms with Crippen molar-refractivity contribution in [3.63, 3.8) is 0 Å². The quantitative estimate of drug-likeness (QED) is 0.667. The highest BCUT2D eigenvalue weighted by molar-refractivity contribution is 5.86. The smallest absolute Gasteiger partial charge is 0.358 e. The van der Waals surface area contributed by atoms with Gasteiger partial charge in [0.25, 0.3) is 0 Å². The van der Waals surface area contributed by atoms with Crippen molar-refractivity contribution in [1.82, 2.24) is 10.2 Å². The molecule has 0 aliphatic heterocycles. The van der Waals surface area contributed by atoms with Gasteiger partial charge in [0, 0.05) is 18.8 Å². The molecule has 6 nitrogen and oxygen atoms in total. The number of carbonyl (C=O) groups excluding carboxylic acids is 1. The van der Waals surface area contributed by atoms with Crippen LogP contribution in [-0.2, 0) is 11.3 Å². The van der Waals surface area contributed by atoms with Crippen molar-refractivity contribution in [2.24, 2.45) is 0 Å². The van der Waals surface area contributed by atoms with Crippen LogP contribution >= 0.6 is 0 Å². The first kappa shape index (κ1) is 14.8. The fraction of sp³-hybridized carbons (Fsp3) is 0.267. The first-order chi connectivity index (χ1) is 10.1. The van der Waals surface area contributed by atoms with Gasteiger partial charge in [0.1, 0.15) is 0 Å². The number of anilines is 2. The van der Waals surface area contributed by atoms with Crippen LogP contribution in [0.3, 0.4) is 0 Å². The molecule has 0 saturated carbocycles. The summed E-state index contributed by atoms with van der Waals surface area (Å²) in [7, 11) is 1.32. The lowest BCUT2D eigenvalue weighted by molar-refractivity contribution is 0.0592. The molecule has 21 heavy (non-hydrogen) atoms. The largest absolute Gasteiger partial charge is 0.464 e. The Morgan fingerprint density at radius 3 is 2.43 bits per heavy atom. The van der Waals surface area contributed by atoms with Gasteiger partial charge in [-0.2, -0.15) is 0 Å². The maximum absolute atomic E-state index is 11.3. The molecule has 0 aliphatic rings. The summed E-state index contributed by atoms with van der Waals surface area (Å²) in [6.45, 7) is 3.51. The van der Waals surface area contributed by atoms with E-state index in [1.54, 1.807) is 12.1 Å². The first-order valence-electron chi connectivity index (χ1n) is 6.65. The molecule has 0 bridgehead atoms. The highest BCUT2D eigenvalue weighted by atomic mass is 16.5. The molecular weight excluding hydrogens is 268 g/mol. The van der Waals surface area contributed by atoms with Gasteiger partial charge in [-0.3, -0.25) is 0 Å². The number of ether oxygens (including phenoxy) is 1. The minimum absolute atomic E-state index is 0.199. The number of hydrogen-bond acceptors (Lipinski definition) is 6. The van der Waals surface area contributed by atoms with Gasteiger partial charge < -0.3 is 15.4 Å². The number of hydrogen-bond donors (Lipinski definition) is 1. The monoisotopic (exact) mass is 286 g/mol. The van der Waals surface area contributed by atoms with E-state index in [0.29, 0.717) is 12.4 Å². The van der Waals surface area contributed by atoms with Gasteiger partial charge in [-0.05, 0) is 36.8 Å². The van der Waals surface area contributed by atoms with Crippen LogP contribution in [0.2, 0.25) is 0 Å². The number of nitrogens with two attached hydrogens (primary N) is 1. The minimum atomic E-state index is -0.490. The van der Waals surface area contributed by atoms with E-state index in [4.69, 9.17) is 5.73 Å². The summed E-state index contributed by atoms with van der Waals surface area (Å²) in [4.78, 5) is 13.4. The van der Waals surface area contributed by atoms with Crippen molar-refractivity contribution in [3.05, 3.63) is 47.7 Å². The third-order valence-electron chi connectivity index (χ3n) is 3.10. The second kappa shape index (κ2) is 6.69. The van der Waals surface area contributed by atoms with Crippen LogP contribution in [0.25, 0.3) is 0 Å². The second-order valence-electron chi connectivity index (χ2n) is 4.52. The molecule has 2 rings (SSSR count). The number of rotatable bonds is 5. The maximum atomic E-state index is 11.3. The Bertz CT molecular complexity index is 596. The predicted octanol–water partition coefficient (Wildman–Crippen LogP) is 1.87. The van der Waals surface area contributed by atoms with Gasteiger partial charge in [0.05, 0.1) is 7.11 Å². The van der Waals surface area contributed by atoms with Crippen LogP contribution in [0.4, 0.5) is 11.5 Å². The summed E-state index contributed by atoms with van der Waals surface area (Å²) in [5.74, 6) is 0.220.